The van der Waals surface area contributed by atoms with Gasteiger partial charge in [0.1, 0.15) is 0 Å². The molecular weight excluding hydrogens is 305 g/mol. The lowest BCUT2D eigenvalue weighted by Crippen LogP contribution is -2.40. The molecule has 2 rings (SSSR count). The fraction of sp³-hybridized carbons (Fsp3) is 0.438. The van der Waals surface area contributed by atoms with Crippen LogP contribution in [0, 0.1) is 12.3 Å². The van der Waals surface area contributed by atoms with Crippen LogP contribution in [0.2, 0.25) is 10.0 Å². The molecule has 1 aliphatic rings. The summed E-state index contributed by atoms with van der Waals surface area (Å²) in [5, 5.41) is 9.09. The second-order valence-corrected chi connectivity index (χ2v) is 6.36. The highest BCUT2D eigenvalue weighted by molar-refractivity contribution is 6.36. The molecule has 3 N–H and O–H groups in total. The smallest absolute Gasteiger partial charge is 0.0500 e. The molecule has 0 bridgehead atoms. The van der Waals surface area contributed by atoms with E-state index in [0.717, 1.165) is 36.2 Å². The monoisotopic (exact) mass is 325 g/mol. The van der Waals surface area contributed by atoms with E-state index in [1.807, 2.05) is 25.1 Å². The average molecular weight is 326 g/mol. The number of nitrogens with one attached hydrogen (secondary N) is 1. The second-order valence-electron chi connectivity index (χ2n) is 5.58. The number of hydrogen-bond donors (Lipinski definition) is 2. The Morgan fingerprint density at radius 1 is 1.48 bits per heavy atom. The first-order valence-corrected chi connectivity index (χ1v) is 7.86. The third-order valence-electron chi connectivity index (χ3n) is 3.78. The quantitative estimate of drug-likeness (QED) is 0.820. The Labute approximate surface area is 136 Å². The molecule has 1 aromatic rings. The van der Waals surface area contributed by atoms with E-state index in [-0.39, 0.29) is 6.04 Å². The van der Waals surface area contributed by atoms with Gasteiger partial charge in [-0.1, -0.05) is 29.3 Å². The lowest BCUT2D eigenvalue weighted by molar-refractivity contribution is 0.265. The summed E-state index contributed by atoms with van der Waals surface area (Å²) in [6.45, 7) is 5.28. The molecule has 0 aromatic heterocycles. The number of piperidine rings is 1. The maximum absolute atomic E-state index is 7.70. The summed E-state index contributed by atoms with van der Waals surface area (Å²) < 4.78 is 0. The molecule has 1 saturated heterocycles. The topological polar surface area (TPSA) is 53.1 Å². The van der Waals surface area contributed by atoms with E-state index in [4.69, 9.17) is 34.3 Å². The Hall–Kier alpha value is -1.03. The first kappa shape index (κ1) is 16.3. The third kappa shape index (κ3) is 3.79. The standard InChI is InChI=1S/C16H21Cl2N3/c1-10-5-6-13(17)12(16(10)18)9-21-7-3-4-14(20)15(21)8-11(2)19/h5-6,8,14,19H,3-4,7,9,20H2,1-2H3/b15-8+,19-11?. The summed E-state index contributed by atoms with van der Waals surface area (Å²) in [5.41, 5.74) is 9.67. The lowest BCUT2D eigenvalue weighted by atomic mass is 9.99. The van der Waals surface area contributed by atoms with Gasteiger partial charge in [-0.2, -0.15) is 0 Å². The Morgan fingerprint density at radius 2 is 2.19 bits per heavy atom. The largest absolute Gasteiger partial charge is 0.369 e. The Morgan fingerprint density at radius 3 is 2.86 bits per heavy atom. The van der Waals surface area contributed by atoms with Crippen LogP contribution in [0.1, 0.15) is 30.9 Å². The first-order valence-electron chi connectivity index (χ1n) is 7.11. The number of likely N-dealkylation sites (tertiary alicyclic amines) is 1. The van der Waals surface area contributed by atoms with E-state index < -0.39 is 0 Å². The van der Waals surface area contributed by atoms with Crippen molar-refractivity contribution in [1.29, 1.82) is 5.41 Å². The average Bonchev–Trinajstić information content (AvgIpc) is 2.42. The highest BCUT2D eigenvalue weighted by Gasteiger charge is 2.23. The summed E-state index contributed by atoms with van der Waals surface area (Å²) >= 11 is 12.7. The number of nitrogens with two attached hydrogens (primary N) is 1. The minimum atomic E-state index is -0.0265. The zero-order valence-electron chi connectivity index (χ0n) is 12.4. The van der Waals surface area contributed by atoms with Gasteiger partial charge in [0.25, 0.3) is 0 Å². The van der Waals surface area contributed by atoms with Crippen molar-refractivity contribution in [2.75, 3.05) is 6.54 Å². The van der Waals surface area contributed by atoms with Crippen LogP contribution in [0.3, 0.4) is 0 Å². The normalized spacial score (nSPS) is 20.9. The van der Waals surface area contributed by atoms with Gasteiger partial charge in [-0.25, -0.2) is 0 Å². The van der Waals surface area contributed by atoms with Crippen LogP contribution in [-0.4, -0.2) is 23.2 Å². The molecule has 1 aromatic carbocycles. The SMILES string of the molecule is CC(=N)/C=C1\C(N)CCCN1Cc1c(Cl)ccc(C)c1Cl. The summed E-state index contributed by atoms with van der Waals surface area (Å²) in [5.74, 6) is 0. The zero-order chi connectivity index (χ0) is 15.6. The maximum Gasteiger partial charge on any atom is 0.0500 e. The van der Waals surface area contributed by atoms with Crippen molar-refractivity contribution in [3.05, 3.63) is 45.1 Å². The molecule has 1 heterocycles. The van der Waals surface area contributed by atoms with Crippen LogP contribution >= 0.6 is 23.2 Å². The summed E-state index contributed by atoms with van der Waals surface area (Å²) in [6, 6.07) is 3.78. The number of allylic oxidation sites excluding steroid dienone is 1. The number of benzene rings is 1. The fourth-order valence-electron chi connectivity index (χ4n) is 2.65. The predicted octanol–water partition coefficient (Wildman–Crippen LogP) is 4.15. The van der Waals surface area contributed by atoms with Crippen molar-refractivity contribution in [2.45, 2.75) is 39.3 Å². The molecule has 1 unspecified atom stereocenters. The van der Waals surface area contributed by atoms with E-state index in [2.05, 4.69) is 4.90 Å². The van der Waals surface area contributed by atoms with Gasteiger partial charge in [0.05, 0.1) is 0 Å². The van der Waals surface area contributed by atoms with Crippen LogP contribution in [0.4, 0.5) is 0 Å². The van der Waals surface area contributed by atoms with Gasteiger partial charge in [0.2, 0.25) is 0 Å². The molecule has 1 fully saturated rings. The van der Waals surface area contributed by atoms with E-state index >= 15 is 0 Å². The fourth-order valence-corrected chi connectivity index (χ4v) is 3.14. The maximum atomic E-state index is 7.70. The molecular formula is C16H21Cl2N3. The van der Waals surface area contributed by atoms with Crippen molar-refractivity contribution in [3.8, 4) is 0 Å². The molecule has 0 radical (unpaired) electrons. The number of hydrogen-bond acceptors (Lipinski definition) is 3. The van der Waals surface area contributed by atoms with E-state index in [0.29, 0.717) is 22.3 Å². The van der Waals surface area contributed by atoms with Crippen molar-refractivity contribution in [1.82, 2.24) is 4.90 Å². The van der Waals surface area contributed by atoms with Gasteiger partial charge in [-0.3, -0.25) is 0 Å². The number of rotatable bonds is 3. The van der Waals surface area contributed by atoms with Crippen LogP contribution in [0.15, 0.2) is 23.9 Å². The van der Waals surface area contributed by atoms with Gasteiger partial charge in [-0.05, 0) is 44.4 Å². The molecule has 5 heteroatoms. The highest BCUT2D eigenvalue weighted by atomic mass is 35.5. The molecule has 1 atom stereocenters. The van der Waals surface area contributed by atoms with Crippen LogP contribution < -0.4 is 5.73 Å². The number of nitrogens with zero attached hydrogens (tertiary/aromatic N) is 1. The van der Waals surface area contributed by atoms with Crippen molar-refractivity contribution >= 4 is 28.9 Å². The van der Waals surface area contributed by atoms with Gasteiger partial charge in [0, 0.05) is 46.1 Å². The van der Waals surface area contributed by atoms with E-state index in [1.54, 1.807) is 6.92 Å². The Balaban J connectivity index is 2.33. The molecule has 114 valence electrons. The Bertz CT molecular complexity index is 581. The molecule has 0 amide bonds. The van der Waals surface area contributed by atoms with Crippen LogP contribution in [0.25, 0.3) is 0 Å². The number of aryl methyl sites for hydroxylation is 1. The van der Waals surface area contributed by atoms with E-state index in [9.17, 15) is 0 Å². The summed E-state index contributed by atoms with van der Waals surface area (Å²) in [6.07, 6.45) is 3.84. The van der Waals surface area contributed by atoms with Gasteiger partial charge in [-0.15, -0.1) is 0 Å². The Kier molecular flexibility index (Phi) is 5.31. The summed E-state index contributed by atoms with van der Waals surface area (Å²) in [7, 11) is 0. The third-order valence-corrected chi connectivity index (χ3v) is 4.66. The van der Waals surface area contributed by atoms with Gasteiger partial charge < -0.3 is 16.0 Å². The molecule has 1 aliphatic heterocycles. The first-order chi connectivity index (χ1) is 9.90. The minimum Gasteiger partial charge on any atom is -0.369 e. The number of halogens is 2. The minimum absolute atomic E-state index is 0.0265. The van der Waals surface area contributed by atoms with Crippen LogP contribution in [0.5, 0.6) is 0 Å². The molecule has 21 heavy (non-hydrogen) atoms. The van der Waals surface area contributed by atoms with E-state index in [1.165, 1.54) is 0 Å². The summed E-state index contributed by atoms with van der Waals surface area (Å²) in [4.78, 5) is 2.19. The molecule has 0 aliphatic carbocycles. The molecule has 3 nitrogen and oxygen atoms in total. The predicted molar refractivity (Wildman–Crippen MR) is 90.3 cm³/mol. The molecule has 0 saturated carbocycles. The lowest BCUT2D eigenvalue weighted by Gasteiger charge is -2.36. The molecule has 0 spiro atoms. The second kappa shape index (κ2) is 6.82. The van der Waals surface area contributed by atoms with Crippen molar-refractivity contribution in [2.24, 2.45) is 5.73 Å². The van der Waals surface area contributed by atoms with Gasteiger partial charge >= 0.3 is 0 Å². The van der Waals surface area contributed by atoms with Crippen molar-refractivity contribution < 1.29 is 0 Å². The highest BCUT2D eigenvalue weighted by Crippen LogP contribution is 2.31. The van der Waals surface area contributed by atoms with Gasteiger partial charge in [0.15, 0.2) is 0 Å². The van der Waals surface area contributed by atoms with Crippen molar-refractivity contribution in [3.63, 3.8) is 0 Å². The zero-order valence-corrected chi connectivity index (χ0v) is 13.9. The van der Waals surface area contributed by atoms with Crippen LogP contribution in [-0.2, 0) is 6.54 Å².